The molecule has 1 aliphatic heterocycles. The minimum absolute atomic E-state index is 0.111. The van der Waals surface area contributed by atoms with Crippen molar-refractivity contribution in [1.82, 2.24) is 4.90 Å². The number of likely N-dealkylation sites (N-methyl/N-ethyl adjacent to an activating group) is 1. The Balaban J connectivity index is 2.79. The second-order valence-corrected chi connectivity index (χ2v) is 4.86. The van der Waals surface area contributed by atoms with Gasteiger partial charge in [0.2, 0.25) is 5.91 Å². The standard InChI is InChI=1S/C12H21NO4/c1-4-13(12(2,3)11(15)16)10(14)9-6-5-7-17-8-9/h9H,4-8H2,1-3H3,(H,15,16). The van der Waals surface area contributed by atoms with Crippen LogP contribution < -0.4 is 0 Å². The molecular formula is C12H21NO4. The van der Waals surface area contributed by atoms with Gasteiger partial charge in [-0.25, -0.2) is 4.79 Å². The molecule has 1 fully saturated rings. The molecule has 1 amide bonds. The summed E-state index contributed by atoms with van der Waals surface area (Å²) in [5.74, 6) is -1.29. The number of aliphatic carboxylic acids is 1. The Morgan fingerprint density at radius 1 is 1.47 bits per heavy atom. The Labute approximate surface area is 102 Å². The molecule has 17 heavy (non-hydrogen) atoms. The van der Waals surface area contributed by atoms with Gasteiger partial charge in [-0.3, -0.25) is 4.79 Å². The van der Waals surface area contributed by atoms with Crippen molar-refractivity contribution in [3.05, 3.63) is 0 Å². The zero-order valence-corrected chi connectivity index (χ0v) is 10.7. The number of carboxylic acids is 1. The van der Waals surface area contributed by atoms with Crippen LogP contribution in [0, 0.1) is 5.92 Å². The Morgan fingerprint density at radius 3 is 2.53 bits per heavy atom. The number of carboxylic acid groups (broad SMARTS) is 1. The smallest absolute Gasteiger partial charge is 0.329 e. The molecule has 0 aromatic rings. The van der Waals surface area contributed by atoms with Crippen LogP contribution in [0.3, 0.4) is 0 Å². The van der Waals surface area contributed by atoms with E-state index in [0.717, 1.165) is 12.8 Å². The highest BCUT2D eigenvalue weighted by Gasteiger charge is 2.39. The molecule has 5 heteroatoms. The van der Waals surface area contributed by atoms with E-state index >= 15 is 0 Å². The third-order valence-electron chi connectivity index (χ3n) is 3.29. The second-order valence-electron chi connectivity index (χ2n) is 4.86. The Kier molecular flexibility index (Phi) is 4.51. The van der Waals surface area contributed by atoms with Crippen LogP contribution in [0.1, 0.15) is 33.6 Å². The van der Waals surface area contributed by atoms with E-state index in [0.29, 0.717) is 19.8 Å². The number of amides is 1. The Hall–Kier alpha value is -1.10. The monoisotopic (exact) mass is 243 g/mol. The van der Waals surface area contributed by atoms with Crippen LogP contribution >= 0.6 is 0 Å². The Morgan fingerprint density at radius 2 is 2.12 bits per heavy atom. The topological polar surface area (TPSA) is 66.8 Å². The average Bonchev–Trinajstić information content (AvgIpc) is 2.30. The van der Waals surface area contributed by atoms with E-state index < -0.39 is 11.5 Å². The van der Waals surface area contributed by atoms with Gasteiger partial charge in [-0.2, -0.15) is 0 Å². The lowest BCUT2D eigenvalue weighted by Crippen LogP contribution is -2.55. The van der Waals surface area contributed by atoms with E-state index in [-0.39, 0.29) is 11.8 Å². The first-order chi connectivity index (χ1) is 7.91. The lowest BCUT2D eigenvalue weighted by atomic mass is 9.96. The van der Waals surface area contributed by atoms with Crippen molar-refractivity contribution in [1.29, 1.82) is 0 Å². The maximum atomic E-state index is 12.3. The van der Waals surface area contributed by atoms with Crippen molar-refractivity contribution >= 4 is 11.9 Å². The summed E-state index contributed by atoms with van der Waals surface area (Å²) in [6.07, 6.45) is 1.65. The maximum Gasteiger partial charge on any atom is 0.329 e. The molecule has 1 atom stereocenters. The van der Waals surface area contributed by atoms with Crippen LogP contribution in [0.4, 0.5) is 0 Å². The third-order valence-corrected chi connectivity index (χ3v) is 3.29. The number of hydrogen-bond acceptors (Lipinski definition) is 3. The van der Waals surface area contributed by atoms with Crippen LogP contribution in [-0.4, -0.2) is 47.2 Å². The quantitative estimate of drug-likeness (QED) is 0.803. The van der Waals surface area contributed by atoms with Gasteiger partial charge in [-0.05, 0) is 33.6 Å². The molecule has 0 spiro atoms. The summed E-state index contributed by atoms with van der Waals surface area (Å²) in [5.41, 5.74) is -1.16. The summed E-state index contributed by atoms with van der Waals surface area (Å²) in [7, 11) is 0. The lowest BCUT2D eigenvalue weighted by Gasteiger charge is -2.37. The maximum absolute atomic E-state index is 12.3. The number of carbonyl (C=O) groups excluding carboxylic acids is 1. The van der Waals surface area contributed by atoms with E-state index in [1.54, 1.807) is 20.8 Å². The molecule has 0 bridgehead atoms. The van der Waals surface area contributed by atoms with Gasteiger partial charge in [-0.1, -0.05) is 0 Å². The van der Waals surface area contributed by atoms with E-state index in [1.165, 1.54) is 4.90 Å². The predicted molar refractivity (Wildman–Crippen MR) is 62.6 cm³/mol. The van der Waals surface area contributed by atoms with Crippen molar-refractivity contribution in [2.75, 3.05) is 19.8 Å². The van der Waals surface area contributed by atoms with Gasteiger partial charge in [0, 0.05) is 13.2 Å². The summed E-state index contributed by atoms with van der Waals surface area (Å²) in [4.78, 5) is 24.9. The number of nitrogens with zero attached hydrogens (tertiary/aromatic N) is 1. The molecule has 0 aliphatic carbocycles. The molecule has 0 saturated carbocycles. The summed E-state index contributed by atoms with van der Waals surface area (Å²) in [6, 6.07) is 0. The Bertz CT molecular complexity index is 295. The zero-order chi connectivity index (χ0) is 13.1. The first kappa shape index (κ1) is 14.0. The zero-order valence-electron chi connectivity index (χ0n) is 10.7. The van der Waals surface area contributed by atoms with Gasteiger partial charge in [0.15, 0.2) is 0 Å². The molecule has 1 unspecified atom stereocenters. The molecule has 1 aliphatic rings. The van der Waals surface area contributed by atoms with Gasteiger partial charge in [-0.15, -0.1) is 0 Å². The molecule has 98 valence electrons. The van der Waals surface area contributed by atoms with Crippen molar-refractivity contribution in [2.24, 2.45) is 5.92 Å². The van der Waals surface area contributed by atoms with Crippen LogP contribution in [0.15, 0.2) is 0 Å². The molecule has 5 nitrogen and oxygen atoms in total. The summed E-state index contributed by atoms with van der Waals surface area (Å²) in [5, 5.41) is 9.16. The fourth-order valence-corrected chi connectivity index (χ4v) is 2.10. The highest BCUT2D eigenvalue weighted by atomic mass is 16.5. The third kappa shape index (κ3) is 2.97. The first-order valence-electron chi connectivity index (χ1n) is 6.03. The van der Waals surface area contributed by atoms with Gasteiger partial charge in [0.05, 0.1) is 12.5 Å². The molecule has 0 aromatic carbocycles. The molecule has 0 radical (unpaired) electrons. The molecular weight excluding hydrogens is 222 g/mol. The molecule has 1 heterocycles. The molecule has 1 N–H and O–H groups in total. The average molecular weight is 243 g/mol. The van der Waals surface area contributed by atoms with Crippen LogP contribution in [0.5, 0.6) is 0 Å². The SMILES string of the molecule is CCN(C(=O)C1CCCOC1)C(C)(C)C(=O)O. The minimum atomic E-state index is -1.16. The van der Waals surface area contributed by atoms with Gasteiger partial charge < -0.3 is 14.7 Å². The normalized spacial score (nSPS) is 21.0. The van der Waals surface area contributed by atoms with Gasteiger partial charge >= 0.3 is 5.97 Å². The molecule has 1 saturated heterocycles. The van der Waals surface area contributed by atoms with Crippen molar-refractivity contribution in [2.45, 2.75) is 39.2 Å². The van der Waals surface area contributed by atoms with Crippen molar-refractivity contribution in [3.63, 3.8) is 0 Å². The molecule has 0 aromatic heterocycles. The molecule has 1 rings (SSSR count). The largest absolute Gasteiger partial charge is 0.480 e. The minimum Gasteiger partial charge on any atom is -0.480 e. The summed E-state index contributed by atoms with van der Waals surface area (Å²) in [6.45, 7) is 6.41. The van der Waals surface area contributed by atoms with Gasteiger partial charge in [0.1, 0.15) is 5.54 Å². The number of carbonyl (C=O) groups is 2. The van der Waals surface area contributed by atoms with E-state index in [2.05, 4.69) is 0 Å². The highest BCUT2D eigenvalue weighted by molar-refractivity contribution is 5.87. The van der Waals surface area contributed by atoms with E-state index in [9.17, 15) is 9.59 Å². The summed E-state index contributed by atoms with van der Waals surface area (Å²) >= 11 is 0. The fraction of sp³-hybridized carbons (Fsp3) is 0.833. The number of hydrogen-bond donors (Lipinski definition) is 1. The van der Waals surface area contributed by atoms with Crippen LogP contribution in [0.2, 0.25) is 0 Å². The van der Waals surface area contributed by atoms with Crippen LogP contribution in [0.25, 0.3) is 0 Å². The second kappa shape index (κ2) is 5.49. The number of rotatable bonds is 4. The van der Waals surface area contributed by atoms with Crippen molar-refractivity contribution < 1.29 is 19.4 Å². The fourth-order valence-electron chi connectivity index (χ4n) is 2.10. The van der Waals surface area contributed by atoms with E-state index in [1.807, 2.05) is 0 Å². The van der Waals surface area contributed by atoms with Gasteiger partial charge in [0.25, 0.3) is 0 Å². The summed E-state index contributed by atoms with van der Waals surface area (Å²) < 4.78 is 5.28. The first-order valence-corrected chi connectivity index (χ1v) is 6.03. The van der Waals surface area contributed by atoms with Crippen molar-refractivity contribution in [3.8, 4) is 0 Å². The number of ether oxygens (including phenoxy) is 1. The predicted octanol–water partition coefficient (Wildman–Crippen LogP) is 1.12. The highest BCUT2D eigenvalue weighted by Crippen LogP contribution is 2.22. The van der Waals surface area contributed by atoms with Crippen LogP contribution in [-0.2, 0) is 14.3 Å². The lowest BCUT2D eigenvalue weighted by molar-refractivity contribution is -0.160. The van der Waals surface area contributed by atoms with E-state index in [4.69, 9.17) is 9.84 Å².